The van der Waals surface area contributed by atoms with Crippen molar-refractivity contribution in [2.24, 2.45) is 0 Å². The third-order valence-corrected chi connectivity index (χ3v) is 5.22. The lowest BCUT2D eigenvalue weighted by Crippen LogP contribution is -2.28. The highest BCUT2D eigenvalue weighted by atomic mass is 16.5. The predicted octanol–water partition coefficient (Wildman–Crippen LogP) is 5.27. The summed E-state index contributed by atoms with van der Waals surface area (Å²) in [5.41, 5.74) is 3.90. The van der Waals surface area contributed by atoms with Crippen molar-refractivity contribution in [1.29, 1.82) is 5.26 Å². The minimum atomic E-state index is -0.361. The highest BCUT2D eigenvalue weighted by molar-refractivity contribution is 6.10. The molecular weight excluding hydrogens is 386 g/mol. The van der Waals surface area contributed by atoms with E-state index in [1.54, 1.807) is 13.2 Å². The van der Waals surface area contributed by atoms with Crippen molar-refractivity contribution < 1.29 is 9.53 Å². The molecule has 152 valence electrons. The lowest BCUT2D eigenvalue weighted by atomic mass is 9.99. The summed E-state index contributed by atoms with van der Waals surface area (Å²) in [4.78, 5) is 18.3. The number of methoxy groups -OCH3 is 1. The summed E-state index contributed by atoms with van der Waals surface area (Å²) in [6.07, 6.45) is 0. The summed E-state index contributed by atoms with van der Waals surface area (Å²) in [7, 11) is 1.55. The molecule has 0 fully saturated rings. The summed E-state index contributed by atoms with van der Waals surface area (Å²) in [5, 5.41) is 13.2. The van der Waals surface area contributed by atoms with Crippen LogP contribution in [0.15, 0.2) is 78.9 Å². The maximum absolute atomic E-state index is 13.5. The molecule has 5 nitrogen and oxygen atoms in total. The van der Waals surface area contributed by atoms with E-state index in [4.69, 9.17) is 9.72 Å². The Hall–Kier alpha value is -4.17. The first kappa shape index (κ1) is 20.1. The van der Waals surface area contributed by atoms with Gasteiger partial charge in [-0.3, -0.25) is 4.79 Å². The van der Waals surface area contributed by atoms with Gasteiger partial charge in [-0.2, -0.15) is 5.26 Å². The number of carbonyl (C=O) groups excluding carboxylic acids is 1. The quantitative estimate of drug-likeness (QED) is 0.489. The van der Waals surface area contributed by atoms with Gasteiger partial charge in [0, 0.05) is 10.9 Å². The summed E-state index contributed by atoms with van der Waals surface area (Å²) in [6.45, 7) is 1.86. The average molecular weight is 407 g/mol. The molecule has 1 amide bonds. The molecule has 0 saturated heterocycles. The molecule has 5 heteroatoms. The Morgan fingerprint density at radius 3 is 2.42 bits per heavy atom. The van der Waals surface area contributed by atoms with Crippen LogP contribution in [0.2, 0.25) is 0 Å². The Balaban J connectivity index is 1.84. The lowest BCUT2D eigenvalue weighted by molar-refractivity contribution is 0.0938. The highest BCUT2D eigenvalue weighted by Gasteiger charge is 2.24. The number of para-hydroxylation sites is 1. The SMILES string of the molecule is COc1c(-c2ccccc2)nc2ccccc2c1C(=O)N[C@@H](C)c1ccccc1C#N. The Kier molecular flexibility index (Phi) is 5.63. The molecule has 0 unspecified atom stereocenters. The van der Waals surface area contributed by atoms with Crippen LogP contribution in [-0.2, 0) is 0 Å². The maximum Gasteiger partial charge on any atom is 0.256 e. The third kappa shape index (κ3) is 3.84. The molecule has 0 aliphatic rings. The topological polar surface area (TPSA) is 75.0 Å². The second kappa shape index (κ2) is 8.68. The fourth-order valence-corrected chi connectivity index (χ4v) is 3.73. The van der Waals surface area contributed by atoms with E-state index in [0.717, 1.165) is 11.1 Å². The van der Waals surface area contributed by atoms with Crippen LogP contribution in [0.4, 0.5) is 0 Å². The van der Waals surface area contributed by atoms with E-state index < -0.39 is 0 Å². The molecule has 0 radical (unpaired) electrons. The van der Waals surface area contributed by atoms with Gasteiger partial charge in [-0.15, -0.1) is 0 Å². The Bertz CT molecular complexity index is 1290. The number of nitrogens with zero attached hydrogens (tertiary/aromatic N) is 2. The fourth-order valence-electron chi connectivity index (χ4n) is 3.73. The molecule has 1 atom stereocenters. The first-order valence-corrected chi connectivity index (χ1v) is 9.96. The number of fused-ring (bicyclic) bond motifs is 1. The molecule has 1 aromatic heterocycles. The number of hydrogen-bond acceptors (Lipinski definition) is 4. The molecule has 4 aromatic rings. The smallest absolute Gasteiger partial charge is 0.256 e. The molecule has 1 heterocycles. The zero-order chi connectivity index (χ0) is 21.8. The lowest BCUT2D eigenvalue weighted by Gasteiger charge is -2.19. The second-order valence-corrected chi connectivity index (χ2v) is 7.15. The monoisotopic (exact) mass is 407 g/mol. The first-order chi connectivity index (χ1) is 15.1. The largest absolute Gasteiger partial charge is 0.494 e. The normalized spacial score (nSPS) is 11.5. The van der Waals surface area contributed by atoms with Gasteiger partial charge >= 0.3 is 0 Å². The van der Waals surface area contributed by atoms with E-state index in [0.29, 0.717) is 33.5 Å². The zero-order valence-corrected chi connectivity index (χ0v) is 17.3. The van der Waals surface area contributed by atoms with E-state index in [1.807, 2.05) is 79.7 Å². The molecule has 1 N–H and O–H groups in total. The van der Waals surface area contributed by atoms with Gasteiger partial charge in [0.2, 0.25) is 0 Å². The van der Waals surface area contributed by atoms with E-state index in [2.05, 4.69) is 11.4 Å². The van der Waals surface area contributed by atoms with Gasteiger partial charge in [-0.1, -0.05) is 66.7 Å². The van der Waals surface area contributed by atoms with Crippen LogP contribution in [-0.4, -0.2) is 18.0 Å². The van der Waals surface area contributed by atoms with Crippen molar-refractivity contribution >= 4 is 16.8 Å². The Morgan fingerprint density at radius 2 is 1.68 bits per heavy atom. The number of hydrogen-bond donors (Lipinski definition) is 1. The van der Waals surface area contributed by atoms with E-state index in [9.17, 15) is 10.1 Å². The van der Waals surface area contributed by atoms with Crippen LogP contribution < -0.4 is 10.1 Å². The van der Waals surface area contributed by atoms with Gasteiger partial charge < -0.3 is 10.1 Å². The van der Waals surface area contributed by atoms with Crippen LogP contribution in [0, 0.1) is 11.3 Å². The number of rotatable bonds is 5. The van der Waals surface area contributed by atoms with Crippen LogP contribution >= 0.6 is 0 Å². The van der Waals surface area contributed by atoms with Gasteiger partial charge in [0.25, 0.3) is 5.91 Å². The van der Waals surface area contributed by atoms with Crippen molar-refractivity contribution in [2.75, 3.05) is 7.11 Å². The molecule has 4 rings (SSSR count). The summed E-state index contributed by atoms with van der Waals surface area (Å²) < 4.78 is 5.72. The van der Waals surface area contributed by atoms with Gasteiger partial charge in [-0.05, 0) is 24.6 Å². The summed E-state index contributed by atoms with van der Waals surface area (Å²) in [6, 6.07) is 26.2. The van der Waals surface area contributed by atoms with E-state index in [1.165, 1.54) is 0 Å². The van der Waals surface area contributed by atoms with Gasteiger partial charge in [0.15, 0.2) is 5.75 Å². The van der Waals surface area contributed by atoms with Crippen molar-refractivity contribution in [3.63, 3.8) is 0 Å². The number of nitriles is 1. The van der Waals surface area contributed by atoms with Gasteiger partial charge in [0.05, 0.1) is 35.9 Å². The number of nitrogens with one attached hydrogen (secondary N) is 1. The van der Waals surface area contributed by atoms with Crippen molar-refractivity contribution in [3.8, 4) is 23.1 Å². The van der Waals surface area contributed by atoms with Crippen LogP contribution in [0.5, 0.6) is 5.75 Å². The van der Waals surface area contributed by atoms with Crippen molar-refractivity contribution in [1.82, 2.24) is 10.3 Å². The number of ether oxygens (including phenoxy) is 1. The average Bonchev–Trinajstić information content (AvgIpc) is 2.83. The van der Waals surface area contributed by atoms with Crippen molar-refractivity contribution in [2.45, 2.75) is 13.0 Å². The number of amides is 1. The summed E-state index contributed by atoms with van der Waals surface area (Å²) >= 11 is 0. The fraction of sp³-hybridized carbons (Fsp3) is 0.115. The number of aromatic nitrogens is 1. The standard InChI is InChI=1S/C26H21N3O2/c1-17(20-13-7-6-12-19(20)16-27)28-26(30)23-21-14-8-9-15-22(21)29-24(25(23)31-2)18-10-4-3-5-11-18/h3-15,17H,1-2H3,(H,28,30)/t17-/m0/s1. The third-order valence-electron chi connectivity index (χ3n) is 5.22. The molecule has 31 heavy (non-hydrogen) atoms. The Labute approximate surface area is 180 Å². The molecule has 0 bridgehead atoms. The van der Waals surface area contributed by atoms with Crippen LogP contribution in [0.3, 0.4) is 0 Å². The number of pyridine rings is 1. The van der Waals surface area contributed by atoms with E-state index in [-0.39, 0.29) is 11.9 Å². The van der Waals surface area contributed by atoms with Crippen LogP contribution in [0.1, 0.15) is 34.5 Å². The van der Waals surface area contributed by atoms with E-state index >= 15 is 0 Å². The van der Waals surface area contributed by atoms with Gasteiger partial charge in [-0.25, -0.2) is 4.98 Å². The molecule has 0 aliphatic heterocycles. The number of carbonyl (C=O) groups is 1. The highest BCUT2D eigenvalue weighted by Crippen LogP contribution is 2.36. The minimum absolute atomic E-state index is 0.284. The molecule has 0 aliphatic carbocycles. The molecule has 0 spiro atoms. The second-order valence-electron chi connectivity index (χ2n) is 7.15. The summed E-state index contributed by atoms with van der Waals surface area (Å²) in [5.74, 6) is 0.135. The first-order valence-electron chi connectivity index (χ1n) is 9.96. The van der Waals surface area contributed by atoms with Crippen molar-refractivity contribution in [3.05, 3.63) is 95.6 Å². The number of benzene rings is 3. The molecule has 3 aromatic carbocycles. The molecular formula is C26H21N3O2. The predicted molar refractivity (Wildman–Crippen MR) is 121 cm³/mol. The minimum Gasteiger partial charge on any atom is -0.494 e. The van der Waals surface area contributed by atoms with Crippen LogP contribution in [0.25, 0.3) is 22.2 Å². The zero-order valence-electron chi connectivity index (χ0n) is 17.3. The van der Waals surface area contributed by atoms with Gasteiger partial charge in [0.1, 0.15) is 5.69 Å². The maximum atomic E-state index is 13.5. The molecule has 0 saturated carbocycles. The Morgan fingerprint density at radius 1 is 1.00 bits per heavy atom.